The number of benzene rings is 3. The predicted octanol–water partition coefficient (Wildman–Crippen LogP) is 12.6. The number of rotatable bonds is 21. The largest absolute Gasteiger partial charge is 0.465 e. The lowest BCUT2D eigenvalue weighted by Crippen LogP contribution is -2.14. The van der Waals surface area contributed by atoms with Crippen LogP contribution in [0.4, 0.5) is 8.78 Å². The first-order valence-electron chi connectivity index (χ1n) is 17.6. The summed E-state index contributed by atoms with van der Waals surface area (Å²) in [7, 11) is 0. The topological polar surface area (TPSA) is 52.6 Å². The molecule has 2 unspecified atom stereocenters. The van der Waals surface area contributed by atoms with Gasteiger partial charge in [0.2, 0.25) is 0 Å². The maximum Gasteiger partial charge on any atom is 0.306 e. The van der Waals surface area contributed by atoms with Crippen molar-refractivity contribution in [3.63, 3.8) is 0 Å². The summed E-state index contributed by atoms with van der Waals surface area (Å²) in [6.45, 7) is 9.76. The van der Waals surface area contributed by atoms with E-state index in [2.05, 4.69) is 55.8 Å². The highest BCUT2D eigenvalue weighted by Gasteiger charge is 2.12. The molecule has 270 valence electrons. The Morgan fingerprint density at radius 3 is 1.53 bits per heavy atom. The molecule has 4 nitrogen and oxygen atoms in total. The average molecular weight is 780 g/mol. The number of esters is 2. The van der Waals surface area contributed by atoms with Gasteiger partial charge < -0.3 is 9.47 Å². The summed E-state index contributed by atoms with van der Waals surface area (Å²) in [6.07, 6.45) is 10.00. The van der Waals surface area contributed by atoms with Crippen molar-refractivity contribution in [3.8, 4) is 11.1 Å². The van der Waals surface area contributed by atoms with Crippen LogP contribution in [0.25, 0.3) is 11.1 Å². The Kier molecular flexibility index (Phi) is 22.3. The Hall–Kier alpha value is -2.36. The summed E-state index contributed by atoms with van der Waals surface area (Å²) in [6, 6.07) is 19.6. The van der Waals surface area contributed by atoms with E-state index in [0.29, 0.717) is 49.2 Å². The molecule has 0 heterocycles. The summed E-state index contributed by atoms with van der Waals surface area (Å²) in [4.78, 5) is 25.9. The Morgan fingerprint density at radius 1 is 0.653 bits per heavy atom. The van der Waals surface area contributed by atoms with Gasteiger partial charge in [0.05, 0.1) is 26.1 Å². The minimum Gasteiger partial charge on any atom is -0.465 e. The molecule has 0 N–H and O–H groups in total. The Morgan fingerprint density at radius 2 is 1.10 bits per heavy atom. The van der Waals surface area contributed by atoms with E-state index in [4.69, 9.17) is 9.47 Å². The molecule has 0 bridgehead atoms. The molecule has 0 aliphatic rings. The summed E-state index contributed by atoms with van der Waals surface area (Å²) >= 11 is 6.68. The van der Waals surface area contributed by atoms with Gasteiger partial charge in [-0.1, -0.05) is 100 Å². The van der Waals surface area contributed by atoms with Crippen molar-refractivity contribution in [1.82, 2.24) is 0 Å². The van der Waals surface area contributed by atoms with Crippen molar-refractivity contribution in [3.05, 3.63) is 82.8 Å². The number of thioether (sulfide) groups is 2. The molecule has 0 amide bonds. The summed E-state index contributed by atoms with van der Waals surface area (Å²) < 4.78 is 38.3. The molecular weight excluding hydrogens is 726 g/mol. The lowest BCUT2D eigenvalue weighted by atomic mass is 10.0. The standard InChI is InChI=1S/C23H28F2O2S.C17H25BrO2S/c1-3-5-6-17(4-2)16-27-23(26)13-14-28-20-10-7-18(8-11-20)19-9-12-21(24)22(25)15-19;1-3-5-6-14(4-2)13-20-17(19)11-12-21-16-9-7-15(18)8-10-16/h7-12,15,17H,3-6,13-14,16H2,1-2H3;7-10,14H,3-6,11-13H2,1-2H3. The van der Waals surface area contributed by atoms with Gasteiger partial charge in [-0.25, -0.2) is 8.78 Å². The minimum atomic E-state index is -0.852. The number of ether oxygens (including phenoxy) is 2. The minimum absolute atomic E-state index is 0.0745. The third-order valence-corrected chi connectivity index (χ3v) is 10.7. The van der Waals surface area contributed by atoms with Gasteiger partial charge in [-0.3, -0.25) is 9.59 Å². The highest BCUT2D eigenvalue weighted by atomic mass is 79.9. The van der Waals surface area contributed by atoms with Crippen molar-refractivity contribution >= 4 is 51.4 Å². The Labute approximate surface area is 310 Å². The van der Waals surface area contributed by atoms with Gasteiger partial charge in [-0.2, -0.15) is 0 Å². The molecule has 0 aromatic heterocycles. The third-order valence-electron chi connectivity index (χ3n) is 8.12. The second kappa shape index (κ2) is 25.6. The fourth-order valence-electron chi connectivity index (χ4n) is 4.82. The zero-order chi connectivity index (χ0) is 35.9. The second-order valence-electron chi connectivity index (χ2n) is 12.0. The fourth-order valence-corrected chi connectivity index (χ4v) is 6.75. The van der Waals surface area contributed by atoms with E-state index in [1.807, 2.05) is 36.4 Å². The van der Waals surface area contributed by atoms with Crippen LogP contribution in [0.5, 0.6) is 0 Å². The summed E-state index contributed by atoms with van der Waals surface area (Å²) in [5, 5.41) is 0. The Balaban J connectivity index is 0.000000355. The van der Waals surface area contributed by atoms with Crippen LogP contribution in [0, 0.1) is 23.5 Å². The van der Waals surface area contributed by atoms with E-state index < -0.39 is 11.6 Å². The number of unbranched alkanes of at least 4 members (excludes halogenated alkanes) is 2. The van der Waals surface area contributed by atoms with Crippen LogP contribution < -0.4 is 0 Å². The number of hydrogen-bond acceptors (Lipinski definition) is 6. The van der Waals surface area contributed by atoms with Gasteiger partial charge in [0.25, 0.3) is 0 Å². The van der Waals surface area contributed by atoms with Crippen molar-refractivity contribution in [1.29, 1.82) is 0 Å². The molecule has 3 aromatic rings. The van der Waals surface area contributed by atoms with E-state index >= 15 is 0 Å². The number of carbonyl (C=O) groups excluding carboxylic acids is 2. The predicted molar refractivity (Wildman–Crippen MR) is 205 cm³/mol. The summed E-state index contributed by atoms with van der Waals surface area (Å²) in [5.74, 6) is 0.471. The van der Waals surface area contributed by atoms with Crippen LogP contribution in [0.2, 0.25) is 0 Å². The first-order chi connectivity index (χ1) is 23.7. The molecule has 0 spiro atoms. The van der Waals surface area contributed by atoms with Gasteiger partial charge >= 0.3 is 11.9 Å². The van der Waals surface area contributed by atoms with Gasteiger partial charge in [-0.05, 0) is 84.3 Å². The molecule has 0 saturated carbocycles. The van der Waals surface area contributed by atoms with Gasteiger partial charge in [0.1, 0.15) is 0 Å². The van der Waals surface area contributed by atoms with Crippen molar-refractivity contribution in [2.24, 2.45) is 11.8 Å². The molecule has 3 aromatic carbocycles. The zero-order valence-electron chi connectivity index (χ0n) is 29.5. The van der Waals surface area contributed by atoms with Gasteiger partial charge in [0.15, 0.2) is 11.6 Å². The molecule has 3 rings (SSSR count). The normalized spacial score (nSPS) is 12.1. The molecule has 2 atom stereocenters. The summed E-state index contributed by atoms with van der Waals surface area (Å²) in [5.41, 5.74) is 1.45. The Bertz CT molecular complexity index is 1360. The SMILES string of the molecule is CCCCC(CC)COC(=O)CCSc1ccc(-c2ccc(F)c(F)c2)cc1.CCCCC(CC)COC(=O)CCSc1ccc(Br)cc1. The number of halogens is 3. The fraction of sp³-hybridized carbons (Fsp3) is 0.500. The van der Waals surface area contributed by atoms with Crippen LogP contribution >= 0.6 is 39.5 Å². The molecule has 0 saturated heterocycles. The van der Waals surface area contributed by atoms with E-state index in [9.17, 15) is 18.4 Å². The highest BCUT2D eigenvalue weighted by molar-refractivity contribution is 9.10. The maximum absolute atomic E-state index is 13.4. The molecule has 9 heteroatoms. The van der Waals surface area contributed by atoms with Crippen LogP contribution in [-0.2, 0) is 19.1 Å². The highest BCUT2D eigenvalue weighted by Crippen LogP contribution is 2.26. The van der Waals surface area contributed by atoms with Crippen molar-refractivity contribution < 1.29 is 27.8 Å². The lowest BCUT2D eigenvalue weighted by Gasteiger charge is -2.14. The van der Waals surface area contributed by atoms with Crippen LogP contribution in [-0.4, -0.2) is 36.7 Å². The van der Waals surface area contributed by atoms with Crippen molar-refractivity contribution in [2.45, 2.75) is 102 Å². The monoisotopic (exact) mass is 778 g/mol. The van der Waals surface area contributed by atoms with Crippen LogP contribution in [0.3, 0.4) is 0 Å². The lowest BCUT2D eigenvalue weighted by molar-refractivity contribution is -0.145. The van der Waals surface area contributed by atoms with Crippen molar-refractivity contribution in [2.75, 3.05) is 24.7 Å². The first kappa shape index (κ1) is 42.8. The third kappa shape index (κ3) is 18.4. The van der Waals surface area contributed by atoms with Crippen LogP contribution in [0.15, 0.2) is 81.0 Å². The number of carbonyl (C=O) groups is 2. The molecule has 0 fully saturated rings. The van der Waals surface area contributed by atoms with Gasteiger partial charge in [0, 0.05) is 25.8 Å². The van der Waals surface area contributed by atoms with E-state index in [1.165, 1.54) is 30.2 Å². The van der Waals surface area contributed by atoms with Gasteiger partial charge in [-0.15, -0.1) is 23.5 Å². The van der Waals surface area contributed by atoms with E-state index in [0.717, 1.165) is 58.9 Å². The zero-order valence-corrected chi connectivity index (χ0v) is 32.7. The smallest absolute Gasteiger partial charge is 0.306 e. The molecule has 0 radical (unpaired) electrons. The van der Waals surface area contributed by atoms with E-state index in [1.54, 1.807) is 29.6 Å². The average Bonchev–Trinajstić information content (AvgIpc) is 3.11. The maximum atomic E-state index is 13.4. The molecule has 0 aliphatic carbocycles. The molecule has 0 aliphatic heterocycles. The molecular formula is C40H53BrF2O4S2. The first-order valence-corrected chi connectivity index (χ1v) is 20.3. The second-order valence-corrected chi connectivity index (χ2v) is 15.3. The quantitative estimate of drug-likeness (QED) is 0.0793. The number of hydrogen-bond donors (Lipinski definition) is 0. The van der Waals surface area contributed by atoms with E-state index in [-0.39, 0.29) is 11.9 Å². The van der Waals surface area contributed by atoms with Crippen LogP contribution in [0.1, 0.15) is 91.9 Å². The molecule has 49 heavy (non-hydrogen) atoms.